The molecule has 0 saturated heterocycles. The van der Waals surface area contributed by atoms with Gasteiger partial charge in [-0.25, -0.2) is 4.39 Å². The highest BCUT2D eigenvalue weighted by atomic mass is 79.9. The number of non-ortho nitro benzene ring substituents is 1. The molecule has 0 radical (unpaired) electrons. The number of halogens is 2. The number of nitrogens with one attached hydrogen (secondary N) is 1. The molecule has 80 valence electrons. The quantitative estimate of drug-likeness (QED) is 0.678. The highest BCUT2D eigenvalue weighted by Crippen LogP contribution is 2.20. The molecule has 0 heterocycles. The van der Waals surface area contributed by atoms with E-state index in [0.717, 1.165) is 6.07 Å². The summed E-state index contributed by atoms with van der Waals surface area (Å²) in [6.07, 6.45) is 0. The maximum Gasteiger partial charge on any atom is 0.272 e. The average Bonchev–Trinajstić information content (AvgIpc) is 2.15. The van der Waals surface area contributed by atoms with E-state index >= 15 is 0 Å². The van der Waals surface area contributed by atoms with Crippen molar-refractivity contribution in [2.75, 3.05) is 11.9 Å². The molecular weight excluding hydrogens is 267 g/mol. The summed E-state index contributed by atoms with van der Waals surface area (Å²) in [5, 5.41) is 13.1. The summed E-state index contributed by atoms with van der Waals surface area (Å²) in [7, 11) is 0. The Morgan fingerprint density at radius 1 is 1.67 bits per heavy atom. The molecule has 0 atom stereocenters. The van der Waals surface area contributed by atoms with E-state index < -0.39 is 10.7 Å². The van der Waals surface area contributed by atoms with E-state index in [2.05, 4.69) is 27.8 Å². The first kappa shape index (κ1) is 11.6. The third kappa shape index (κ3) is 3.32. The molecular formula is C9H8BrFN2O2. The van der Waals surface area contributed by atoms with Gasteiger partial charge in [0.1, 0.15) is 0 Å². The zero-order chi connectivity index (χ0) is 11.4. The third-order valence-electron chi connectivity index (χ3n) is 1.63. The van der Waals surface area contributed by atoms with Crippen LogP contribution in [-0.2, 0) is 0 Å². The summed E-state index contributed by atoms with van der Waals surface area (Å²) in [6, 6.07) is 3.44. The van der Waals surface area contributed by atoms with Crippen LogP contribution in [0.2, 0.25) is 0 Å². The summed E-state index contributed by atoms with van der Waals surface area (Å²) in [5.41, 5.74) is -0.0584. The van der Waals surface area contributed by atoms with Gasteiger partial charge in [0.15, 0.2) is 5.82 Å². The van der Waals surface area contributed by atoms with Crippen LogP contribution in [0.25, 0.3) is 0 Å². The average molecular weight is 275 g/mol. The largest absolute Gasteiger partial charge is 0.378 e. The SMILES string of the molecule is C=C(Br)CNc1ccc([N+](=O)[O-])cc1F. The minimum absolute atomic E-state index is 0.209. The summed E-state index contributed by atoms with van der Waals surface area (Å²) in [4.78, 5) is 9.68. The van der Waals surface area contributed by atoms with Gasteiger partial charge in [0, 0.05) is 17.1 Å². The molecule has 0 aromatic heterocycles. The van der Waals surface area contributed by atoms with Gasteiger partial charge in [-0.15, -0.1) is 0 Å². The molecule has 4 nitrogen and oxygen atoms in total. The number of nitro benzene ring substituents is 1. The van der Waals surface area contributed by atoms with Crippen LogP contribution >= 0.6 is 15.9 Å². The number of nitro groups is 1. The van der Waals surface area contributed by atoms with Crippen molar-refractivity contribution in [3.8, 4) is 0 Å². The van der Waals surface area contributed by atoms with Crippen molar-refractivity contribution in [3.63, 3.8) is 0 Å². The fraction of sp³-hybridized carbons (Fsp3) is 0.111. The maximum absolute atomic E-state index is 13.2. The summed E-state index contributed by atoms with van der Waals surface area (Å²) < 4.78 is 13.9. The van der Waals surface area contributed by atoms with Crippen molar-refractivity contribution < 1.29 is 9.31 Å². The Hall–Kier alpha value is -1.43. The van der Waals surface area contributed by atoms with Gasteiger partial charge in [-0.05, 0) is 6.07 Å². The van der Waals surface area contributed by atoms with Crippen LogP contribution < -0.4 is 5.32 Å². The Kier molecular flexibility index (Phi) is 3.79. The van der Waals surface area contributed by atoms with E-state index in [0.29, 0.717) is 11.0 Å². The highest BCUT2D eigenvalue weighted by Gasteiger charge is 2.09. The maximum atomic E-state index is 13.2. The molecule has 0 amide bonds. The molecule has 0 saturated carbocycles. The first-order valence-corrected chi connectivity index (χ1v) is 4.81. The number of hydrogen-bond donors (Lipinski definition) is 1. The summed E-state index contributed by atoms with van der Waals surface area (Å²) in [5.74, 6) is -0.655. The summed E-state index contributed by atoms with van der Waals surface area (Å²) in [6.45, 7) is 3.93. The number of anilines is 1. The Bertz CT molecular complexity index is 409. The second-order valence-electron chi connectivity index (χ2n) is 2.79. The Labute approximate surface area is 94.1 Å². The zero-order valence-electron chi connectivity index (χ0n) is 7.67. The molecule has 0 aliphatic rings. The standard InChI is InChI=1S/C9H8BrFN2O2/c1-6(10)5-12-9-3-2-7(13(14)15)4-8(9)11/h2-4,12H,1,5H2. The van der Waals surface area contributed by atoms with Gasteiger partial charge in [0.05, 0.1) is 16.7 Å². The van der Waals surface area contributed by atoms with Gasteiger partial charge < -0.3 is 5.32 Å². The number of benzene rings is 1. The lowest BCUT2D eigenvalue weighted by molar-refractivity contribution is -0.385. The lowest BCUT2D eigenvalue weighted by Crippen LogP contribution is -2.03. The molecule has 0 aliphatic heterocycles. The minimum atomic E-state index is -0.655. The first-order chi connectivity index (χ1) is 7.00. The lowest BCUT2D eigenvalue weighted by Gasteiger charge is -2.05. The number of rotatable bonds is 4. The van der Waals surface area contributed by atoms with E-state index in [1.807, 2.05) is 0 Å². The van der Waals surface area contributed by atoms with E-state index in [1.54, 1.807) is 0 Å². The second-order valence-corrected chi connectivity index (χ2v) is 3.91. The fourth-order valence-electron chi connectivity index (χ4n) is 0.952. The number of nitrogens with zero attached hydrogens (tertiary/aromatic N) is 1. The van der Waals surface area contributed by atoms with Crippen LogP contribution in [0, 0.1) is 15.9 Å². The smallest absolute Gasteiger partial charge is 0.272 e. The van der Waals surface area contributed by atoms with Crippen molar-refractivity contribution in [1.29, 1.82) is 0 Å². The molecule has 1 aromatic carbocycles. The molecule has 6 heteroatoms. The molecule has 0 unspecified atom stereocenters. The highest BCUT2D eigenvalue weighted by molar-refractivity contribution is 9.11. The molecule has 0 aliphatic carbocycles. The van der Waals surface area contributed by atoms with Crippen LogP contribution in [0.1, 0.15) is 0 Å². The van der Waals surface area contributed by atoms with Gasteiger partial charge in [0.2, 0.25) is 0 Å². The molecule has 1 rings (SSSR count). The zero-order valence-corrected chi connectivity index (χ0v) is 9.25. The van der Waals surface area contributed by atoms with Crippen molar-refractivity contribution in [3.05, 3.63) is 45.2 Å². The van der Waals surface area contributed by atoms with Gasteiger partial charge in [-0.2, -0.15) is 0 Å². The van der Waals surface area contributed by atoms with Crippen molar-refractivity contribution in [2.24, 2.45) is 0 Å². The molecule has 1 N–H and O–H groups in total. The van der Waals surface area contributed by atoms with Gasteiger partial charge in [-0.3, -0.25) is 10.1 Å². The van der Waals surface area contributed by atoms with Gasteiger partial charge >= 0.3 is 0 Å². The predicted octanol–water partition coefficient (Wildman–Crippen LogP) is 3.05. The van der Waals surface area contributed by atoms with Gasteiger partial charge in [0.25, 0.3) is 5.69 Å². The molecule has 0 spiro atoms. The normalized spacial score (nSPS) is 9.73. The Morgan fingerprint density at radius 3 is 2.80 bits per heavy atom. The van der Waals surface area contributed by atoms with E-state index in [4.69, 9.17) is 0 Å². The Balaban J connectivity index is 2.83. The van der Waals surface area contributed by atoms with E-state index in [-0.39, 0.29) is 11.4 Å². The topological polar surface area (TPSA) is 55.2 Å². The Morgan fingerprint density at radius 2 is 2.33 bits per heavy atom. The van der Waals surface area contributed by atoms with Crippen LogP contribution in [0.5, 0.6) is 0 Å². The molecule has 15 heavy (non-hydrogen) atoms. The second kappa shape index (κ2) is 4.88. The summed E-state index contributed by atoms with van der Waals surface area (Å²) >= 11 is 3.11. The fourth-order valence-corrected chi connectivity index (χ4v) is 1.09. The third-order valence-corrected chi connectivity index (χ3v) is 1.91. The van der Waals surface area contributed by atoms with E-state index in [9.17, 15) is 14.5 Å². The van der Waals surface area contributed by atoms with Crippen LogP contribution in [-0.4, -0.2) is 11.5 Å². The molecule has 0 fully saturated rings. The lowest BCUT2D eigenvalue weighted by atomic mass is 10.2. The number of hydrogen-bond acceptors (Lipinski definition) is 3. The first-order valence-electron chi connectivity index (χ1n) is 4.02. The van der Waals surface area contributed by atoms with E-state index in [1.165, 1.54) is 12.1 Å². The van der Waals surface area contributed by atoms with Gasteiger partial charge in [-0.1, -0.05) is 22.5 Å². The predicted molar refractivity (Wildman–Crippen MR) is 59.6 cm³/mol. The van der Waals surface area contributed by atoms with Crippen LogP contribution in [0.15, 0.2) is 29.3 Å². The molecule has 1 aromatic rings. The van der Waals surface area contributed by atoms with Crippen molar-refractivity contribution in [1.82, 2.24) is 0 Å². The molecule has 0 bridgehead atoms. The van der Waals surface area contributed by atoms with Crippen molar-refractivity contribution >= 4 is 27.3 Å². The monoisotopic (exact) mass is 274 g/mol. The van der Waals surface area contributed by atoms with Crippen LogP contribution in [0.3, 0.4) is 0 Å². The van der Waals surface area contributed by atoms with Crippen molar-refractivity contribution in [2.45, 2.75) is 0 Å². The minimum Gasteiger partial charge on any atom is -0.378 e. The van der Waals surface area contributed by atoms with Crippen LogP contribution in [0.4, 0.5) is 15.8 Å².